The molecule has 0 saturated heterocycles. The molecule has 0 amide bonds. The van der Waals surface area contributed by atoms with Crippen molar-refractivity contribution in [3.63, 3.8) is 0 Å². The molecule has 0 aromatic heterocycles. The summed E-state index contributed by atoms with van der Waals surface area (Å²) in [6.45, 7) is 2.72. The maximum absolute atomic E-state index is 6.29. The van der Waals surface area contributed by atoms with Crippen LogP contribution in [0.3, 0.4) is 0 Å². The molecule has 1 aromatic rings. The Bertz CT molecular complexity index is 373. The van der Waals surface area contributed by atoms with Crippen molar-refractivity contribution in [3.8, 4) is 0 Å². The Hall–Kier alpha value is -0.860. The van der Waals surface area contributed by atoms with E-state index in [1.165, 1.54) is 30.4 Å². The number of methoxy groups -OCH3 is 1. The monoisotopic (exact) mass is 233 g/mol. The highest BCUT2D eigenvalue weighted by Gasteiger charge is 2.27. The summed E-state index contributed by atoms with van der Waals surface area (Å²) in [5.41, 5.74) is 9.09. The molecule has 1 aromatic carbocycles. The van der Waals surface area contributed by atoms with Crippen LogP contribution >= 0.6 is 0 Å². The largest absolute Gasteiger partial charge is 0.383 e. The van der Waals surface area contributed by atoms with E-state index < -0.39 is 0 Å². The molecule has 0 heterocycles. The molecule has 1 aliphatic carbocycles. The maximum atomic E-state index is 6.29. The van der Waals surface area contributed by atoms with Crippen LogP contribution in [0.25, 0.3) is 0 Å². The Labute approximate surface area is 104 Å². The van der Waals surface area contributed by atoms with E-state index in [9.17, 15) is 0 Å². The Morgan fingerprint density at radius 3 is 2.94 bits per heavy atom. The van der Waals surface area contributed by atoms with Crippen LogP contribution in [0.1, 0.15) is 43.2 Å². The van der Waals surface area contributed by atoms with Crippen LogP contribution in [-0.2, 0) is 11.2 Å². The third-order valence-electron chi connectivity index (χ3n) is 3.68. The first-order chi connectivity index (χ1) is 8.12. The molecule has 0 aliphatic heterocycles. The molecule has 0 bridgehead atoms. The van der Waals surface area contributed by atoms with E-state index in [0.717, 1.165) is 6.42 Å². The number of aryl methyl sites for hydroxylation is 1. The summed E-state index contributed by atoms with van der Waals surface area (Å²) >= 11 is 0. The third kappa shape index (κ3) is 3.08. The summed E-state index contributed by atoms with van der Waals surface area (Å²) in [5, 5.41) is 0. The van der Waals surface area contributed by atoms with Crippen LogP contribution in [0.2, 0.25) is 0 Å². The lowest BCUT2D eigenvalue weighted by molar-refractivity contribution is 0.130. The quantitative estimate of drug-likeness (QED) is 0.868. The topological polar surface area (TPSA) is 35.2 Å². The van der Waals surface area contributed by atoms with Crippen LogP contribution in [0.15, 0.2) is 24.3 Å². The molecule has 0 spiro atoms. The summed E-state index contributed by atoms with van der Waals surface area (Å²) in [7, 11) is 1.72. The van der Waals surface area contributed by atoms with Crippen LogP contribution in [0, 0.1) is 0 Å². The van der Waals surface area contributed by atoms with E-state index in [1.807, 2.05) is 0 Å². The number of fused-ring (bicyclic) bond motifs is 1. The number of nitrogens with two attached hydrogens (primary N) is 1. The SMILES string of the molecule is COCC(C)(N)CC1CCCc2ccccc21. The summed E-state index contributed by atoms with van der Waals surface area (Å²) in [5.74, 6) is 0.602. The summed E-state index contributed by atoms with van der Waals surface area (Å²) in [4.78, 5) is 0. The summed E-state index contributed by atoms with van der Waals surface area (Å²) in [6.07, 6.45) is 4.77. The molecule has 2 N–H and O–H groups in total. The molecular formula is C15H23NO. The first-order valence-electron chi connectivity index (χ1n) is 6.48. The van der Waals surface area contributed by atoms with Crippen molar-refractivity contribution in [2.45, 2.75) is 44.1 Å². The third-order valence-corrected chi connectivity index (χ3v) is 3.68. The van der Waals surface area contributed by atoms with Crippen LogP contribution in [0.4, 0.5) is 0 Å². The molecular weight excluding hydrogens is 210 g/mol. The van der Waals surface area contributed by atoms with Gasteiger partial charge in [0.05, 0.1) is 6.61 Å². The van der Waals surface area contributed by atoms with Gasteiger partial charge in [0.25, 0.3) is 0 Å². The van der Waals surface area contributed by atoms with Gasteiger partial charge in [0.1, 0.15) is 0 Å². The highest BCUT2D eigenvalue weighted by molar-refractivity contribution is 5.32. The molecule has 0 fully saturated rings. The fourth-order valence-corrected chi connectivity index (χ4v) is 3.02. The van der Waals surface area contributed by atoms with Crippen molar-refractivity contribution in [1.82, 2.24) is 0 Å². The lowest BCUT2D eigenvalue weighted by Crippen LogP contribution is -2.42. The van der Waals surface area contributed by atoms with Gasteiger partial charge in [0, 0.05) is 12.6 Å². The second kappa shape index (κ2) is 5.19. The van der Waals surface area contributed by atoms with Gasteiger partial charge in [-0.3, -0.25) is 0 Å². The van der Waals surface area contributed by atoms with Gasteiger partial charge in [-0.25, -0.2) is 0 Å². The first-order valence-corrected chi connectivity index (χ1v) is 6.48. The summed E-state index contributed by atoms with van der Waals surface area (Å²) in [6, 6.07) is 8.80. The molecule has 17 heavy (non-hydrogen) atoms. The van der Waals surface area contributed by atoms with Crippen molar-refractivity contribution in [2.24, 2.45) is 5.73 Å². The Morgan fingerprint density at radius 2 is 2.18 bits per heavy atom. The van der Waals surface area contributed by atoms with E-state index in [4.69, 9.17) is 10.5 Å². The average molecular weight is 233 g/mol. The number of hydrogen-bond acceptors (Lipinski definition) is 2. The molecule has 2 rings (SSSR count). The van der Waals surface area contributed by atoms with Crippen molar-refractivity contribution in [1.29, 1.82) is 0 Å². The lowest BCUT2D eigenvalue weighted by atomic mass is 9.77. The second-order valence-corrected chi connectivity index (χ2v) is 5.58. The van der Waals surface area contributed by atoms with Crippen LogP contribution in [-0.4, -0.2) is 19.3 Å². The molecule has 2 heteroatoms. The number of benzene rings is 1. The fraction of sp³-hybridized carbons (Fsp3) is 0.600. The second-order valence-electron chi connectivity index (χ2n) is 5.58. The van der Waals surface area contributed by atoms with Gasteiger partial charge in [0.2, 0.25) is 0 Å². The summed E-state index contributed by atoms with van der Waals surface area (Å²) < 4.78 is 5.21. The van der Waals surface area contributed by atoms with E-state index in [0.29, 0.717) is 12.5 Å². The van der Waals surface area contributed by atoms with Gasteiger partial charge in [-0.05, 0) is 49.7 Å². The Kier molecular flexibility index (Phi) is 3.85. The molecule has 0 radical (unpaired) electrons. The van der Waals surface area contributed by atoms with Crippen molar-refractivity contribution < 1.29 is 4.74 Å². The van der Waals surface area contributed by atoms with Gasteiger partial charge in [-0.2, -0.15) is 0 Å². The van der Waals surface area contributed by atoms with Crippen molar-refractivity contribution >= 4 is 0 Å². The highest BCUT2D eigenvalue weighted by atomic mass is 16.5. The molecule has 2 unspecified atom stereocenters. The van der Waals surface area contributed by atoms with Gasteiger partial charge in [-0.15, -0.1) is 0 Å². The predicted octanol–water partition coefficient (Wildman–Crippen LogP) is 2.86. The number of hydrogen-bond donors (Lipinski definition) is 1. The standard InChI is InChI=1S/C15H23NO/c1-15(16,11-17-2)10-13-8-5-7-12-6-3-4-9-14(12)13/h3-4,6,9,13H,5,7-8,10-11,16H2,1-2H3. The van der Waals surface area contributed by atoms with E-state index in [1.54, 1.807) is 7.11 Å². The van der Waals surface area contributed by atoms with Crippen molar-refractivity contribution in [2.75, 3.05) is 13.7 Å². The lowest BCUT2D eigenvalue weighted by Gasteiger charge is -2.32. The average Bonchev–Trinajstić information content (AvgIpc) is 2.29. The van der Waals surface area contributed by atoms with Crippen LogP contribution < -0.4 is 5.73 Å². The molecule has 0 saturated carbocycles. The van der Waals surface area contributed by atoms with Gasteiger partial charge < -0.3 is 10.5 Å². The zero-order valence-electron chi connectivity index (χ0n) is 10.9. The van der Waals surface area contributed by atoms with E-state index >= 15 is 0 Å². The molecule has 2 atom stereocenters. The zero-order valence-corrected chi connectivity index (χ0v) is 10.9. The van der Waals surface area contributed by atoms with Crippen molar-refractivity contribution in [3.05, 3.63) is 35.4 Å². The first kappa shape index (κ1) is 12.6. The minimum atomic E-state index is -0.218. The van der Waals surface area contributed by atoms with Gasteiger partial charge in [0.15, 0.2) is 0 Å². The fourth-order valence-electron chi connectivity index (χ4n) is 3.02. The maximum Gasteiger partial charge on any atom is 0.0639 e. The Morgan fingerprint density at radius 1 is 1.41 bits per heavy atom. The molecule has 1 aliphatic rings. The van der Waals surface area contributed by atoms with Gasteiger partial charge >= 0.3 is 0 Å². The number of rotatable bonds is 4. The van der Waals surface area contributed by atoms with Crippen LogP contribution in [0.5, 0.6) is 0 Å². The van der Waals surface area contributed by atoms with E-state index in [2.05, 4.69) is 31.2 Å². The molecule has 94 valence electrons. The minimum Gasteiger partial charge on any atom is -0.383 e. The predicted molar refractivity (Wildman–Crippen MR) is 71.2 cm³/mol. The zero-order chi connectivity index (χ0) is 12.3. The van der Waals surface area contributed by atoms with E-state index in [-0.39, 0.29) is 5.54 Å². The smallest absolute Gasteiger partial charge is 0.0639 e. The normalized spacial score (nSPS) is 22.9. The highest BCUT2D eigenvalue weighted by Crippen LogP contribution is 2.36. The molecule has 2 nitrogen and oxygen atoms in total. The minimum absolute atomic E-state index is 0.218. The number of ether oxygens (including phenoxy) is 1. The Balaban J connectivity index is 2.13. The van der Waals surface area contributed by atoms with Gasteiger partial charge in [-0.1, -0.05) is 24.3 Å².